The summed E-state index contributed by atoms with van der Waals surface area (Å²) < 4.78 is 0. The van der Waals surface area contributed by atoms with E-state index in [4.69, 9.17) is 0 Å². The van der Waals surface area contributed by atoms with Gasteiger partial charge in [-0.15, -0.1) is 11.3 Å². The van der Waals surface area contributed by atoms with Gasteiger partial charge in [0.1, 0.15) is 6.04 Å². The van der Waals surface area contributed by atoms with Crippen molar-refractivity contribution in [3.63, 3.8) is 0 Å². The highest BCUT2D eigenvalue weighted by atomic mass is 32.1. The Kier molecular flexibility index (Phi) is 5.23. The molecule has 1 aromatic carbocycles. The molecule has 2 aromatic heterocycles. The number of aliphatic carboxylic acids is 1. The van der Waals surface area contributed by atoms with Crippen LogP contribution in [0.5, 0.6) is 0 Å². The molecule has 0 saturated carbocycles. The summed E-state index contributed by atoms with van der Waals surface area (Å²) in [5.41, 5.74) is 2.04. The zero-order valence-electron chi connectivity index (χ0n) is 15.5. The van der Waals surface area contributed by atoms with Crippen molar-refractivity contribution in [3.05, 3.63) is 64.0 Å². The fourth-order valence-corrected chi connectivity index (χ4v) is 5.12. The number of nitrogens with zero attached hydrogens (tertiary/aromatic N) is 2. The van der Waals surface area contributed by atoms with Crippen LogP contribution >= 0.6 is 11.3 Å². The number of carboxylic acid groups (broad SMARTS) is 1. The molecule has 1 fully saturated rings. The van der Waals surface area contributed by atoms with Crippen molar-refractivity contribution in [1.82, 2.24) is 9.88 Å². The van der Waals surface area contributed by atoms with Crippen LogP contribution in [0, 0.1) is 0 Å². The maximum absolute atomic E-state index is 12.0. The predicted octanol–water partition coefficient (Wildman–Crippen LogP) is 4.89. The average Bonchev–Trinajstić information content (AvgIpc) is 3.17. The largest absolute Gasteiger partial charge is 0.480 e. The van der Waals surface area contributed by atoms with Crippen LogP contribution in [-0.4, -0.2) is 33.5 Å². The highest BCUT2D eigenvalue weighted by Crippen LogP contribution is 2.38. The Labute approximate surface area is 163 Å². The van der Waals surface area contributed by atoms with E-state index < -0.39 is 12.0 Å². The molecule has 1 aliphatic heterocycles. The van der Waals surface area contributed by atoms with E-state index in [-0.39, 0.29) is 6.04 Å². The Morgan fingerprint density at radius 3 is 2.93 bits per heavy atom. The van der Waals surface area contributed by atoms with Gasteiger partial charge in [0.25, 0.3) is 0 Å². The molecule has 0 bridgehead atoms. The fourth-order valence-electron chi connectivity index (χ4n) is 4.02. The second kappa shape index (κ2) is 7.79. The molecule has 1 saturated heterocycles. The Morgan fingerprint density at radius 2 is 2.15 bits per heavy atom. The van der Waals surface area contributed by atoms with Crippen LogP contribution in [0.2, 0.25) is 0 Å². The van der Waals surface area contributed by atoms with Crippen molar-refractivity contribution < 1.29 is 9.90 Å². The fraction of sp³-hybridized carbons (Fsp3) is 0.364. The van der Waals surface area contributed by atoms with Gasteiger partial charge in [-0.1, -0.05) is 31.5 Å². The third-order valence-corrected chi connectivity index (χ3v) is 6.67. The molecule has 2 atom stereocenters. The van der Waals surface area contributed by atoms with Crippen LogP contribution in [-0.2, 0) is 11.2 Å². The molecule has 5 heteroatoms. The van der Waals surface area contributed by atoms with E-state index in [0.29, 0.717) is 6.42 Å². The van der Waals surface area contributed by atoms with Gasteiger partial charge in [-0.05, 0) is 55.6 Å². The van der Waals surface area contributed by atoms with Gasteiger partial charge in [0.2, 0.25) is 0 Å². The van der Waals surface area contributed by atoms with E-state index in [0.717, 1.165) is 42.3 Å². The summed E-state index contributed by atoms with van der Waals surface area (Å²) in [6.07, 6.45) is 5.63. The highest BCUT2D eigenvalue weighted by molar-refractivity contribution is 7.12. The number of carbonyl (C=O) groups is 1. The minimum Gasteiger partial charge on any atom is -0.480 e. The lowest BCUT2D eigenvalue weighted by Crippen LogP contribution is -2.46. The lowest BCUT2D eigenvalue weighted by atomic mass is 9.95. The number of hydrogen-bond acceptors (Lipinski definition) is 4. The van der Waals surface area contributed by atoms with Gasteiger partial charge in [0.15, 0.2) is 0 Å². The maximum atomic E-state index is 12.0. The summed E-state index contributed by atoms with van der Waals surface area (Å²) in [5, 5.41) is 10.9. The van der Waals surface area contributed by atoms with Gasteiger partial charge in [-0.3, -0.25) is 14.7 Å². The highest BCUT2D eigenvalue weighted by Gasteiger charge is 2.36. The monoisotopic (exact) mass is 380 g/mol. The van der Waals surface area contributed by atoms with Crippen molar-refractivity contribution in [2.45, 2.75) is 44.7 Å². The smallest absolute Gasteiger partial charge is 0.320 e. The molecule has 4 nitrogen and oxygen atoms in total. The normalized spacial score (nSPS) is 19.2. The SMILES string of the molecule is CCc1ccc(C(c2cnc3ccccc3c2)N2CCCCC2C(=O)O)s1. The molecule has 4 rings (SSSR count). The number of aryl methyl sites for hydroxylation is 1. The maximum Gasteiger partial charge on any atom is 0.320 e. The number of para-hydroxylation sites is 1. The minimum atomic E-state index is -0.722. The summed E-state index contributed by atoms with van der Waals surface area (Å²) in [4.78, 5) is 21.3. The van der Waals surface area contributed by atoms with Crippen LogP contribution < -0.4 is 0 Å². The first-order valence-electron chi connectivity index (χ1n) is 9.59. The molecule has 3 heterocycles. The molecule has 140 valence electrons. The molecule has 0 spiro atoms. The van der Waals surface area contributed by atoms with Crippen molar-refractivity contribution in [2.24, 2.45) is 0 Å². The van der Waals surface area contributed by atoms with E-state index in [1.54, 1.807) is 11.3 Å². The zero-order chi connectivity index (χ0) is 18.8. The van der Waals surface area contributed by atoms with Crippen molar-refractivity contribution in [2.75, 3.05) is 6.54 Å². The first kappa shape index (κ1) is 18.1. The molecule has 1 N–H and O–H groups in total. The second-order valence-corrected chi connectivity index (χ2v) is 8.31. The Morgan fingerprint density at radius 1 is 1.30 bits per heavy atom. The predicted molar refractivity (Wildman–Crippen MR) is 109 cm³/mol. The molecule has 0 aliphatic carbocycles. The molecule has 0 amide bonds. The number of pyridine rings is 1. The topological polar surface area (TPSA) is 53.4 Å². The second-order valence-electron chi connectivity index (χ2n) is 7.11. The standard InChI is InChI=1S/C22H24N2O2S/c1-2-17-10-11-20(27-17)21(24-12-6-5-9-19(24)22(25)26)16-13-15-7-3-4-8-18(15)23-14-16/h3-4,7-8,10-11,13-14,19,21H,2,5-6,9,12H2,1H3,(H,25,26). The first-order valence-corrected chi connectivity index (χ1v) is 10.4. The van der Waals surface area contributed by atoms with E-state index in [1.807, 2.05) is 24.4 Å². The van der Waals surface area contributed by atoms with Gasteiger partial charge in [0, 0.05) is 21.3 Å². The Bertz CT molecular complexity index is 952. The summed E-state index contributed by atoms with van der Waals surface area (Å²) in [7, 11) is 0. The first-order chi connectivity index (χ1) is 13.2. The number of likely N-dealkylation sites (tertiary alicyclic amines) is 1. The molecular weight excluding hydrogens is 356 g/mol. The summed E-state index contributed by atoms with van der Waals surface area (Å²) >= 11 is 1.79. The van der Waals surface area contributed by atoms with E-state index in [2.05, 4.69) is 41.1 Å². The molecule has 2 unspecified atom stereocenters. The zero-order valence-corrected chi connectivity index (χ0v) is 16.3. The van der Waals surface area contributed by atoms with Gasteiger partial charge < -0.3 is 5.11 Å². The van der Waals surface area contributed by atoms with Gasteiger partial charge in [-0.2, -0.15) is 0 Å². The van der Waals surface area contributed by atoms with Crippen LogP contribution in [0.4, 0.5) is 0 Å². The average molecular weight is 381 g/mol. The summed E-state index contributed by atoms with van der Waals surface area (Å²) in [6.45, 7) is 2.96. The molecule has 3 aromatic rings. The Hall–Kier alpha value is -2.24. The van der Waals surface area contributed by atoms with Crippen LogP contribution in [0.25, 0.3) is 10.9 Å². The quantitative estimate of drug-likeness (QED) is 0.685. The number of rotatable bonds is 5. The summed E-state index contributed by atoms with van der Waals surface area (Å²) in [6, 6.07) is 14.1. The lowest BCUT2D eigenvalue weighted by Gasteiger charge is -2.39. The molecule has 1 aliphatic rings. The van der Waals surface area contributed by atoms with Crippen molar-refractivity contribution in [1.29, 1.82) is 0 Å². The van der Waals surface area contributed by atoms with E-state index in [9.17, 15) is 9.90 Å². The van der Waals surface area contributed by atoms with Crippen LogP contribution in [0.15, 0.2) is 48.7 Å². The number of aromatic nitrogens is 1. The van der Waals surface area contributed by atoms with E-state index in [1.165, 1.54) is 9.75 Å². The number of fused-ring (bicyclic) bond motifs is 1. The van der Waals surface area contributed by atoms with Crippen LogP contribution in [0.3, 0.4) is 0 Å². The van der Waals surface area contributed by atoms with Gasteiger partial charge in [0.05, 0.1) is 11.6 Å². The molecule has 27 heavy (non-hydrogen) atoms. The van der Waals surface area contributed by atoms with Crippen molar-refractivity contribution >= 4 is 28.2 Å². The summed E-state index contributed by atoms with van der Waals surface area (Å²) in [5.74, 6) is -0.722. The number of hydrogen-bond donors (Lipinski definition) is 1. The number of carboxylic acids is 1. The number of piperidine rings is 1. The third-order valence-electron chi connectivity index (χ3n) is 5.39. The minimum absolute atomic E-state index is 0.0613. The number of benzene rings is 1. The molecular formula is C22H24N2O2S. The van der Waals surface area contributed by atoms with Gasteiger partial charge in [-0.25, -0.2) is 0 Å². The van der Waals surface area contributed by atoms with Gasteiger partial charge >= 0.3 is 5.97 Å². The number of thiophene rings is 1. The van der Waals surface area contributed by atoms with Crippen LogP contribution in [0.1, 0.15) is 47.5 Å². The lowest BCUT2D eigenvalue weighted by molar-refractivity contribution is -0.145. The third kappa shape index (κ3) is 3.62. The Balaban J connectivity index is 1.82. The van der Waals surface area contributed by atoms with Crippen molar-refractivity contribution in [3.8, 4) is 0 Å². The van der Waals surface area contributed by atoms with E-state index >= 15 is 0 Å². The molecule has 0 radical (unpaired) electrons.